The Morgan fingerprint density at radius 3 is 2.55 bits per heavy atom. The monoisotopic (exact) mass is 412 g/mol. The van der Waals surface area contributed by atoms with Gasteiger partial charge < -0.3 is 19.5 Å². The molecule has 0 spiro atoms. The molecular formula is C22H24N2O4S. The van der Waals surface area contributed by atoms with E-state index in [1.807, 2.05) is 38.3 Å². The van der Waals surface area contributed by atoms with Gasteiger partial charge in [0, 0.05) is 17.0 Å². The summed E-state index contributed by atoms with van der Waals surface area (Å²) in [6.07, 6.45) is 0. The van der Waals surface area contributed by atoms with Crippen LogP contribution in [0.25, 0.3) is 0 Å². The smallest absolute Gasteiger partial charge is 0.255 e. The van der Waals surface area contributed by atoms with Crippen LogP contribution in [0.3, 0.4) is 0 Å². The summed E-state index contributed by atoms with van der Waals surface area (Å²) in [5.41, 5.74) is 1.92. The predicted octanol–water partition coefficient (Wildman–Crippen LogP) is 5.08. The second-order valence-corrected chi connectivity index (χ2v) is 7.21. The quantitative estimate of drug-likeness (QED) is 0.531. The zero-order valence-electron chi connectivity index (χ0n) is 16.7. The average Bonchev–Trinajstić information content (AvgIpc) is 3.14. The van der Waals surface area contributed by atoms with E-state index in [0.717, 1.165) is 10.7 Å². The molecule has 152 valence electrons. The number of rotatable bonds is 9. The summed E-state index contributed by atoms with van der Waals surface area (Å²) in [6.45, 7) is 7.16. The minimum atomic E-state index is -0.255. The van der Waals surface area contributed by atoms with Crippen LogP contribution >= 0.6 is 11.3 Å². The average molecular weight is 413 g/mol. The Hall–Kier alpha value is -3.06. The molecular weight excluding hydrogens is 388 g/mol. The molecule has 1 N–H and O–H groups in total. The van der Waals surface area contributed by atoms with Gasteiger partial charge in [0.05, 0.1) is 29.6 Å². The number of hydrogen-bond acceptors (Lipinski definition) is 6. The van der Waals surface area contributed by atoms with Gasteiger partial charge in [0.1, 0.15) is 23.9 Å². The second-order valence-electron chi connectivity index (χ2n) is 6.15. The van der Waals surface area contributed by atoms with Crippen molar-refractivity contribution in [2.75, 3.05) is 18.5 Å². The molecule has 0 aliphatic rings. The van der Waals surface area contributed by atoms with Gasteiger partial charge >= 0.3 is 0 Å². The van der Waals surface area contributed by atoms with Crippen molar-refractivity contribution in [3.8, 4) is 17.2 Å². The van der Waals surface area contributed by atoms with Gasteiger partial charge in [-0.1, -0.05) is 6.07 Å². The maximum Gasteiger partial charge on any atom is 0.255 e. The molecule has 0 saturated heterocycles. The molecule has 0 aliphatic carbocycles. The number of nitrogens with zero attached hydrogens (tertiary/aromatic N) is 1. The number of aromatic nitrogens is 1. The third-order valence-electron chi connectivity index (χ3n) is 3.96. The van der Waals surface area contributed by atoms with E-state index in [-0.39, 0.29) is 5.91 Å². The highest BCUT2D eigenvalue weighted by atomic mass is 32.1. The fourth-order valence-corrected chi connectivity index (χ4v) is 3.30. The van der Waals surface area contributed by atoms with E-state index in [0.29, 0.717) is 48.3 Å². The lowest BCUT2D eigenvalue weighted by Gasteiger charge is -2.14. The number of thiazole rings is 1. The van der Waals surface area contributed by atoms with E-state index in [2.05, 4.69) is 10.3 Å². The summed E-state index contributed by atoms with van der Waals surface area (Å²) >= 11 is 1.58. The summed E-state index contributed by atoms with van der Waals surface area (Å²) in [6, 6.07) is 12.4. The molecule has 0 unspecified atom stereocenters. The predicted molar refractivity (Wildman–Crippen MR) is 114 cm³/mol. The molecule has 0 radical (unpaired) electrons. The Bertz CT molecular complexity index is 971. The summed E-state index contributed by atoms with van der Waals surface area (Å²) in [7, 11) is 0. The van der Waals surface area contributed by atoms with Gasteiger partial charge in [0.2, 0.25) is 0 Å². The largest absolute Gasteiger partial charge is 0.494 e. The van der Waals surface area contributed by atoms with E-state index in [9.17, 15) is 4.79 Å². The summed E-state index contributed by atoms with van der Waals surface area (Å²) < 4.78 is 16.9. The molecule has 0 fully saturated rings. The Morgan fingerprint density at radius 2 is 1.83 bits per heavy atom. The van der Waals surface area contributed by atoms with Gasteiger partial charge in [0.25, 0.3) is 5.91 Å². The van der Waals surface area contributed by atoms with Crippen molar-refractivity contribution >= 4 is 22.9 Å². The van der Waals surface area contributed by atoms with Crippen molar-refractivity contribution in [2.45, 2.75) is 27.4 Å². The van der Waals surface area contributed by atoms with E-state index in [1.54, 1.807) is 41.7 Å². The van der Waals surface area contributed by atoms with Crippen LogP contribution in [0.2, 0.25) is 0 Å². The van der Waals surface area contributed by atoms with Crippen LogP contribution in [-0.4, -0.2) is 24.1 Å². The molecule has 3 aromatic rings. The van der Waals surface area contributed by atoms with E-state index in [1.165, 1.54) is 0 Å². The van der Waals surface area contributed by atoms with Gasteiger partial charge in [-0.3, -0.25) is 4.79 Å². The number of benzene rings is 2. The van der Waals surface area contributed by atoms with Gasteiger partial charge in [0.15, 0.2) is 0 Å². The van der Waals surface area contributed by atoms with Crippen LogP contribution in [0.5, 0.6) is 17.2 Å². The lowest BCUT2D eigenvalue weighted by atomic mass is 10.2. The van der Waals surface area contributed by atoms with Gasteiger partial charge in [-0.2, -0.15) is 0 Å². The standard InChI is InChI=1S/C22H24N2O4S/c1-4-26-19-9-10-21(27-5-2)20(12-19)24-22(25)16-7-6-8-18(11-16)28-13-17-14-29-15(3)23-17/h6-12,14H,4-5,13H2,1-3H3,(H,24,25). The van der Waals surface area contributed by atoms with Crippen LogP contribution in [0.4, 0.5) is 5.69 Å². The number of nitrogens with one attached hydrogen (secondary N) is 1. The first-order chi connectivity index (χ1) is 14.1. The number of amides is 1. The highest BCUT2D eigenvalue weighted by Gasteiger charge is 2.12. The molecule has 0 saturated carbocycles. The SMILES string of the molecule is CCOc1ccc(OCC)c(NC(=O)c2cccc(OCc3csc(C)n3)c2)c1. The highest BCUT2D eigenvalue weighted by molar-refractivity contribution is 7.09. The van der Waals surface area contributed by atoms with Crippen molar-refractivity contribution in [1.29, 1.82) is 0 Å². The zero-order valence-corrected chi connectivity index (χ0v) is 17.5. The first kappa shape index (κ1) is 20.7. The maximum absolute atomic E-state index is 12.8. The van der Waals surface area contributed by atoms with Crippen LogP contribution < -0.4 is 19.5 Å². The number of aryl methyl sites for hydroxylation is 1. The van der Waals surface area contributed by atoms with Crippen LogP contribution in [0, 0.1) is 6.92 Å². The normalized spacial score (nSPS) is 10.4. The van der Waals surface area contributed by atoms with Crippen molar-refractivity contribution in [3.05, 3.63) is 64.1 Å². The number of hydrogen-bond donors (Lipinski definition) is 1. The Balaban J connectivity index is 1.72. The van der Waals surface area contributed by atoms with Gasteiger partial charge in [-0.25, -0.2) is 4.98 Å². The molecule has 0 bridgehead atoms. The van der Waals surface area contributed by atoms with Crippen molar-refractivity contribution in [1.82, 2.24) is 4.98 Å². The summed E-state index contributed by atoms with van der Waals surface area (Å²) in [4.78, 5) is 17.2. The van der Waals surface area contributed by atoms with Crippen LogP contribution in [0.15, 0.2) is 47.8 Å². The molecule has 1 amide bonds. The first-order valence-electron chi connectivity index (χ1n) is 9.44. The van der Waals surface area contributed by atoms with Gasteiger partial charge in [-0.05, 0) is 51.1 Å². The Kier molecular flexibility index (Phi) is 7.08. The van der Waals surface area contributed by atoms with Gasteiger partial charge in [-0.15, -0.1) is 11.3 Å². The second kappa shape index (κ2) is 9.93. The summed E-state index contributed by atoms with van der Waals surface area (Å²) in [5, 5.41) is 5.87. The molecule has 1 heterocycles. The van der Waals surface area contributed by atoms with Crippen molar-refractivity contribution in [3.63, 3.8) is 0 Å². The molecule has 29 heavy (non-hydrogen) atoms. The lowest BCUT2D eigenvalue weighted by molar-refractivity contribution is 0.102. The van der Waals surface area contributed by atoms with Crippen LogP contribution in [0.1, 0.15) is 34.9 Å². The molecule has 7 heteroatoms. The number of ether oxygens (including phenoxy) is 3. The van der Waals surface area contributed by atoms with E-state index in [4.69, 9.17) is 14.2 Å². The maximum atomic E-state index is 12.8. The first-order valence-corrected chi connectivity index (χ1v) is 10.3. The fourth-order valence-electron chi connectivity index (χ4n) is 2.70. The third-order valence-corrected chi connectivity index (χ3v) is 4.78. The third kappa shape index (κ3) is 5.71. The molecule has 3 rings (SSSR count). The lowest BCUT2D eigenvalue weighted by Crippen LogP contribution is -2.13. The topological polar surface area (TPSA) is 69.7 Å². The van der Waals surface area contributed by atoms with Crippen molar-refractivity contribution < 1.29 is 19.0 Å². The number of carbonyl (C=O) groups is 1. The van der Waals surface area contributed by atoms with E-state index >= 15 is 0 Å². The highest BCUT2D eigenvalue weighted by Crippen LogP contribution is 2.30. The van der Waals surface area contributed by atoms with Crippen molar-refractivity contribution in [2.24, 2.45) is 0 Å². The summed E-state index contributed by atoms with van der Waals surface area (Å²) in [5.74, 6) is 1.61. The minimum absolute atomic E-state index is 0.255. The Morgan fingerprint density at radius 1 is 1.03 bits per heavy atom. The number of anilines is 1. The molecule has 0 aliphatic heterocycles. The van der Waals surface area contributed by atoms with E-state index < -0.39 is 0 Å². The molecule has 6 nitrogen and oxygen atoms in total. The minimum Gasteiger partial charge on any atom is -0.494 e. The number of carbonyl (C=O) groups excluding carboxylic acids is 1. The fraction of sp³-hybridized carbons (Fsp3) is 0.273. The molecule has 2 aromatic carbocycles. The molecule has 1 aromatic heterocycles. The molecule has 0 atom stereocenters. The Labute approximate surface area is 174 Å². The van der Waals surface area contributed by atoms with Crippen LogP contribution in [-0.2, 0) is 6.61 Å². The zero-order chi connectivity index (χ0) is 20.6.